The highest BCUT2D eigenvalue weighted by molar-refractivity contribution is 5.82. The number of allylic oxidation sites excluding steroid dienone is 5. The molecule has 0 aromatic heterocycles. The normalized spacial score (nSPS) is 12.5. The molecule has 0 spiro atoms. The molecule has 0 aromatic carbocycles. The summed E-state index contributed by atoms with van der Waals surface area (Å²) in [6.07, 6.45) is 11.2. The Kier molecular flexibility index (Phi) is 11.5. The maximum Gasteiger partial charge on any atom is 0.330 e. The van der Waals surface area contributed by atoms with Crippen molar-refractivity contribution in [2.45, 2.75) is 73.6 Å². The summed E-state index contributed by atoms with van der Waals surface area (Å²) < 4.78 is 5.29. The van der Waals surface area contributed by atoms with Crippen LogP contribution in [-0.4, -0.2) is 12.6 Å². The van der Waals surface area contributed by atoms with E-state index in [0.717, 1.165) is 37.7 Å². The molecule has 0 bridgehead atoms. The molecule has 0 aliphatic heterocycles. The van der Waals surface area contributed by atoms with E-state index in [4.69, 9.17) is 4.74 Å². The van der Waals surface area contributed by atoms with Crippen LogP contribution in [0.1, 0.15) is 73.6 Å². The summed E-state index contributed by atoms with van der Waals surface area (Å²) in [5.74, 6) is 0.386. The Morgan fingerprint density at radius 3 is 2.14 bits per heavy atom. The molecule has 2 heteroatoms. The zero-order valence-corrected chi connectivity index (χ0v) is 15.4. The summed E-state index contributed by atoms with van der Waals surface area (Å²) in [7, 11) is 0. The van der Waals surface area contributed by atoms with Crippen molar-refractivity contribution in [2.24, 2.45) is 5.92 Å². The van der Waals surface area contributed by atoms with E-state index in [0.29, 0.717) is 12.5 Å². The zero-order valence-electron chi connectivity index (χ0n) is 15.4. The Bertz CT molecular complexity index is 405. The van der Waals surface area contributed by atoms with Crippen LogP contribution < -0.4 is 0 Å². The molecular formula is C20H34O2. The van der Waals surface area contributed by atoms with Gasteiger partial charge >= 0.3 is 5.97 Å². The fraction of sp³-hybridized carbons (Fsp3) is 0.650. The van der Waals surface area contributed by atoms with Gasteiger partial charge in [0.05, 0.1) is 6.61 Å². The molecule has 0 saturated heterocycles. The Morgan fingerprint density at radius 1 is 0.955 bits per heavy atom. The van der Waals surface area contributed by atoms with Gasteiger partial charge in [0.2, 0.25) is 0 Å². The largest absolute Gasteiger partial charge is 0.463 e. The van der Waals surface area contributed by atoms with E-state index in [-0.39, 0.29) is 5.97 Å². The van der Waals surface area contributed by atoms with Gasteiger partial charge in [0, 0.05) is 6.08 Å². The summed E-state index contributed by atoms with van der Waals surface area (Å²) in [6.45, 7) is 13.2. The SMILES string of the molecule is CC(C)=CCCC(C)=CC(=O)OCCC(C)CCC=C(C)C. The number of carbonyl (C=O) groups is 1. The van der Waals surface area contributed by atoms with Crippen molar-refractivity contribution in [1.29, 1.82) is 0 Å². The van der Waals surface area contributed by atoms with Gasteiger partial charge in [0.1, 0.15) is 0 Å². The van der Waals surface area contributed by atoms with Crippen LogP contribution in [0, 0.1) is 5.92 Å². The number of hydrogen-bond donors (Lipinski definition) is 0. The van der Waals surface area contributed by atoms with Crippen LogP contribution in [0.2, 0.25) is 0 Å². The van der Waals surface area contributed by atoms with Crippen molar-refractivity contribution in [3.8, 4) is 0 Å². The zero-order chi connectivity index (χ0) is 17.0. The lowest BCUT2D eigenvalue weighted by molar-refractivity contribution is -0.138. The molecule has 0 radical (unpaired) electrons. The molecule has 0 fully saturated rings. The molecule has 0 heterocycles. The first-order valence-corrected chi connectivity index (χ1v) is 8.42. The number of rotatable bonds is 10. The molecule has 0 amide bonds. The standard InChI is InChI=1S/C20H34O2/c1-16(2)9-7-11-18(5)13-14-22-20(21)15-19(6)12-8-10-17(3)4/h9-10,15,18H,7-8,11-14H2,1-6H3. The monoisotopic (exact) mass is 306 g/mol. The lowest BCUT2D eigenvalue weighted by Crippen LogP contribution is -2.07. The minimum Gasteiger partial charge on any atom is -0.463 e. The van der Waals surface area contributed by atoms with Crippen LogP contribution in [0.15, 0.2) is 34.9 Å². The number of ether oxygens (including phenoxy) is 1. The highest BCUT2D eigenvalue weighted by Crippen LogP contribution is 2.12. The average molecular weight is 306 g/mol. The molecule has 2 nitrogen and oxygen atoms in total. The summed E-state index contributed by atoms with van der Waals surface area (Å²) in [6, 6.07) is 0. The Hall–Kier alpha value is -1.31. The summed E-state index contributed by atoms with van der Waals surface area (Å²) in [5.41, 5.74) is 3.77. The van der Waals surface area contributed by atoms with Gasteiger partial charge in [-0.15, -0.1) is 0 Å². The van der Waals surface area contributed by atoms with Crippen LogP contribution in [0.3, 0.4) is 0 Å². The first-order chi connectivity index (χ1) is 10.3. The molecule has 22 heavy (non-hydrogen) atoms. The van der Waals surface area contributed by atoms with Crippen molar-refractivity contribution >= 4 is 5.97 Å². The fourth-order valence-electron chi connectivity index (χ4n) is 2.07. The van der Waals surface area contributed by atoms with Gasteiger partial charge in [-0.3, -0.25) is 0 Å². The Labute approximate surface area is 137 Å². The molecule has 0 N–H and O–H groups in total. The van der Waals surface area contributed by atoms with E-state index in [1.54, 1.807) is 6.08 Å². The molecule has 0 aliphatic rings. The second-order valence-corrected chi connectivity index (χ2v) is 6.73. The van der Waals surface area contributed by atoms with E-state index in [2.05, 4.69) is 46.8 Å². The van der Waals surface area contributed by atoms with Crippen LogP contribution >= 0.6 is 0 Å². The van der Waals surface area contributed by atoms with Crippen molar-refractivity contribution in [3.63, 3.8) is 0 Å². The van der Waals surface area contributed by atoms with Gasteiger partial charge in [-0.2, -0.15) is 0 Å². The maximum atomic E-state index is 11.7. The van der Waals surface area contributed by atoms with Gasteiger partial charge < -0.3 is 4.74 Å². The molecule has 126 valence electrons. The predicted octanol–water partition coefficient (Wildman–Crippen LogP) is 5.99. The third kappa shape index (κ3) is 13.7. The predicted molar refractivity (Wildman–Crippen MR) is 95.8 cm³/mol. The van der Waals surface area contributed by atoms with Crippen LogP contribution in [-0.2, 0) is 9.53 Å². The number of carbonyl (C=O) groups excluding carboxylic acids is 1. The molecule has 0 saturated carbocycles. The topological polar surface area (TPSA) is 26.3 Å². The van der Waals surface area contributed by atoms with Crippen LogP contribution in [0.5, 0.6) is 0 Å². The van der Waals surface area contributed by atoms with Gasteiger partial charge in [0.25, 0.3) is 0 Å². The van der Waals surface area contributed by atoms with Gasteiger partial charge in [0.15, 0.2) is 0 Å². The summed E-state index contributed by atoms with van der Waals surface area (Å²) in [5, 5.41) is 0. The molecule has 0 aliphatic carbocycles. The fourth-order valence-corrected chi connectivity index (χ4v) is 2.07. The third-order valence-corrected chi connectivity index (χ3v) is 3.52. The highest BCUT2D eigenvalue weighted by atomic mass is 16.5. The number of esters is 1. The van der Waals surface area contributed by atoms with E-state index in [1.165, 1.54) is 11.1 Å². The van der Waals surface area contributed by atoms with E-state index in [9.17, 15) is 4.79 Å². The smallest absolute Gasteiger partial charge is 0.330 e. The summed E-state index contributed by atoms with van der Waals surface area (Å²) in [4.78, 5) is 11.7. The lowest BCUT2D eigenvalue weighted by atomic mass is 10.0. The Balaban J connectivity index is 3.88. The quantitative estimate of drug-likeness (QED) is 0.281. The molecular weight excluding hydrogens is 272 g/mol. The summed E-state index contributed by atoms with van der Waals surface area (Å²) >= 11 is 0. The van der Waals surface area contributed by atoms with Crippen molar-refractivity contribution in [1.82, 2.24) is 0 Å². The van der Waals surface area contributed by atoms with Gasteiger partial charge in [-0.25, -0.2) is 4.79 Å². The van der Waals surface area contributed by atoms with E-state index in [1.807, 2.05) is 6.92 Å². The first-order valence-electron chi connectivity index (χ1n) is 8.42. The molecule has 0 aromatic rings. The Morgan fingerprint density at radius 2 is 1.55 bits per heavy atom. The number of hydrogen-bond acceptors (Lipinski definition) is 2. The van der Waals surface area contributed by atoms with Crippen LogP contribution in [0.25, 0.3) is 0 Å². The van der Waals surface area contributed by atoms with E-state index < -0.39 is 0 Å². The third-order valence-electron chi connectivity index (χ3n) is 3.52. The lowest BCUT2D eigenvalue weighted by Gasteiger charge is -2.10. The molecule has 1 atom stereocenters. The average Bonchev–Trinajstić information content (AvgIpc) is 2.37. The first kappa shape index (κ1) is 20.7. The minimum atomic E-state index is -0.203. The van der Waals surface area contributed by atoms with Crippen LogP contribution in [0.4, 0.5) is 0 Å². The molecule has 1 unspecified atom stereocenters. The second kappa shape index (κ2) is 12.3. The minimum absolute atomic E-state index is 0.203. The van der Waals surface area contributed by atoms with Gasteiger partial charge in [-0.05, 0) is 72.6 Å². The highest BCUT2D eigenvalue weighted by Gasteiger charge is 2.04. The maximum absolute atomic E-state index is 11.7. The van der Waals surface area contributed by atoms with Crippen molar-refractivity contribution < 1.29 is 9.53 Å². The van der Waals surface area contributed by atoms with Gasteiger partial charge in [-0.1, -0.05) is 35.8 Å². The van der Waals surface area contributed by atoms with E-state index >= 15 is 0 Å². The second-order valence-electron chi connectivity index (χ2n) is 6.73. The van der Waals surface area contributed by atoms with Crippen molar-refractivity contribution in [2.75, 3.05) is 6.61 Å². The molecule has 0 rings (SSSR count). The van der Waals surface area contributed by atoms with Crippen molar-refractivity contribution in [3.05, 3.63) is 34.9 Å².